The highest BCUT2D eigenvalue weighted by atomic mass is 16.5. The van der Waals surface area contributed by atoms with Crippen molar-refractivity contribution in [2.75, 3.05) is 27.7 Å². The molecule has 0 spiro atoms. The Balaban J connectivity index is 1.78. The SMILES string of the molecule is COc1ccc(-c2cc(C(=O)NCC(c3ccco3)N(C)C)[nH]c(=O)n2)cc1. The Kier molecular flexibility index (Phi) is 5.90. The van der Waals surface area contributed by atoms with Crippen LogP contribution in [-0.4, -0.2) is 48.5 Å². The number of carbonyl (C=O) groups is 1. The van der Waals surface area contributed by atoms with Crippen LogP contribution in [0.25, 0.3) is 11.3 Å². The minimum atomic E-state index is -0.589. The van der Waals surface area contributed by atoms with E-state index in [2.05, 4.69) is 15.3 Å². The number of aromatic nitrogens is 2. The minimum Gasteiger partial charge on any atom is -0.497 e. The number of H-pyrrole nitrogens is 1. The lowest BCUT2D eigenvalue weighted by Gasteiger charge is -2.22. The predicted molar refractivity (Wildman–Crippen MR) is 104 cm³/mol. The average Bonchev–Trinajstić information content (AvgIpc) is 3.21. The molecule has 2 aromatic heterocycles. The Morgan fingerprint density at radius 3 is 2.64 bits per heavy atom. The van der Waals surface area contributed by atoms with E-state index >= 15 is 0 Å². The van der Waals surface area contributed by atoms with Gasteiger partial charge in [0.15, 0.2) is 0 Å². The van der Waals surface area contributed by atoms with E-state index in [-0.39, 0.29) is 11.7 Å². The molecule has 0 saturated heterocycles. The quantitative estimate of drug-likeness (QED) is 0.649. The number of ether oxygens (including phenoxy) is 1. The van der Waals surface area contributed by atoms with Crippen LogP contribution >= 0.6 is 0 Å². The van der Waals surface area contributed by atoms with Crippen LogP contribution in [-0.2, 0) is 0 Å². The number of methoxy groups -OCH3 is 1. The number of nitrogens with zero attached hydrogens (tertiary/aromatic N) is 2. The summed E-state index contributed by atoms with van der Waals surface area (Å²) in [7, 11) is 5.37. The molecule has 0 aliphatic carbocycles. The van der Waals surface area contributed by atoms with Crippen molar-refractivity contribution in [3.05, 3.63) is 70.7 Å². The minimum absolute atomic E-state index is 0.131. The number of aromatic amines is 1. The van der Waals surface area contributed by atoms with Crippen LogP contribution in [0, 0.1) is 0 Å². The molecule has 0 fully saturated rings. The molecule has 3 rings (SSSR count). The molecule has 1 amide bonds. The molecule has 2 heterocycles. The van der Waals surface area contributed by atoms with E-state index < -0.39 is 11.6 Å². The number of benzene rings is 1. The van der Waals surface area contributed by atoms with Crippen LogP contribution in [0.3, 0.4) is 0 Å². The zero-order valence-electron chi connectivity index (χ0n) is 15.9. The van der Waals surface area contributed by atoms with E-state index in [1.807, 2.05) is 25.1 Å². The second-order valence-corrected chi connectivity index (χ2v) is 6.42. The van der Waals surface area contributed by atoms with Gasteiger partial charge in [-0.25, -0.2) is 4.79 Å². The van der Waals surface area contributed by atoms with Crippen LogP contribution in [0.4, 0.5) is 0 Å². The molecule has 3 aromatic rings. The lowest BCUT2D eigenvalue weighted by molar-refractivity contribution is 0.0933. The predicted octanol–water partition coefficient (Wildman–Crippen LogP) is 2.07. The maximum Gasteiger partial charge on any atom is 0.346 e. The van der Waals surface area contributed by atoms with Crippen LogP contribution in [0.5, 0.6) is 5.75 Å². The second kappa shape index (κ2) is 8.53. The molecule has 0 saturated carbocycles. The first-order valence-corrected chi connectivity index (χ1v) is 8.71. The number of nitrogens with one attached hydrogen (secondary N) is 2. The Labute approximate surface area is 162 Å². The fourth-order valence-corrected chi connectivity index (χ4v) is 2.79. The van der Waals surface area contributed by atoms with Crippen LogP contribution in [0.1, 0.15) is 22.3 Å². The second-order valence-electron chi connectivity index (χ2n) is 6.42. The zero-order valence-corrected chi connectivity index (χ0v) is 15.9. The number of hydrogen-bond acceptors (Lipinski definition) is 6. The standard InChI is InChI=1S/C20H22N4O4/c1-24(2)17(18-5-4-10-28-18)12-21-19(25)16-11-15(22-20(26)23-16)13-6-8-14(27-3)9-7-13/h4-11,17H,12H2,1-3H3,(H,21,25)(H,22,23,26). The largest absolute Gasteiger partial charge is 0.497 e. The molecule has 0 bridgehead atoms. The highest BCUT2D eigenvalue weighted by Crippen LogP contribution is 2.20. The average molecular weight is 382 g/mol. The fraction of sp³-hybridized carbons (Fsp3) is 0.250. The molecule has 0 radical (unpaired) electrons. The third-order valence-corrected chi connectivity index (χ3v) is 4.33. The lowest BCUT2D eigenvalue weighted by Crippen LogP contribution is -2.35. The van der Waals surface area contributed by atoms with Crippen molar-refractivity contribution < 1.29 is 13.9 Å². The molecular formula is C20H22N4O4. The van der Waals surface area contributed by atoms with Gasteiger partial charge in [-0.1, -0.05) is 0 Å². The maximum atomic E-state index is 12.6. The van der Waals surface area contributed by atoms with Gasteiger partial charge in [0.25, 0.3) is 5.91 Å². The summed E-state index contributed by atoms with van der Waals surface area (Å²) in [5, 5.41) is 2.83. The molecule has 28 heavy (non-hydrogen) atoms. The molecule has 1 aromatic carbocycles. The zero-order chi connectivity index (χ0) is 20.1. The van der Waals surface area contributed by atoms with Crippen molar-refractivity contribution >= 4 is 5.91 Å². The molecular weight excluding hydrogens is 360 g/mol. The number of hydrogen-bond donors (Lipinski definition) is 2. The van der Waals surface area contributed by atoms with Crippen LogP contribution in [0.2, 0.25) is 0 Å². The van der Waals surface area contributed by atoms with Gasteiger partial charge < -0.3 is 19.5 Å². The summed E-state index contributed by atoms with van der Waals surface area (Å²) >= 11 is 0. The number of rotatable bonds is 7. The third-order valence-electron chi connectivity index (χ3n) is 4.33. The summed E-state index contributed by atoms with van der Waals surface area (Å²) < 4.78 is 10.6. The molecule has 2 N–H and O–H groups in total. The van der Waals surface area contributed by atoms with E-state index in [9.17, 15) is 9.59 Å². The van der Waals surface area contributed by atoms with Crippen LogP contribution < -0.4 is 15.7 Å². The summed E-state index contributed by atoms with van der Waals surface area (Å²) in [6.45, 7) is 0.321. The first kappa shape index (κ1) is 19.4. The van der Waals surface area contributed by atoms with Crippen LogP contribution in [0.15, 0.2) is 57.9 Å². The summed E-state index contributed by atoms with van der Waals surface area (Å²) in [6.07, 6.45) is 1.59. The van der Waals surface area contributed by atoms with Gasteiger partial charge in [0.2, 0.25) is 0 Å². The van der Waals surface area contributed by atoms with E-state index in [0.717, 1.165) is 5.76 Å². The number of furan rings is 1. The summed E-state index contributed by atoms with van der Waals surface area (Å²) in [6, 6.07) is 12.2. The van der Waals surface area contributed by atoms with E-state index in [0.29, 0.717) is 23.6 Å². The van der Waals surface area contributed by atoms with Crippen molar-refractivity contribution in [2.24, 2.45) is 0 Å². The number of likely N-dealkylation sites (N-methyl/N-ethyl adjacent to an activating group) is 1. The van der Waals surface area contributed by atoms with Gasteiger partial charge in [0, 0.05) is 12.1 Å². The van der Waals surface area contributed by atoms with Gasteiger partial charge in [-0.2, -0.15) is 4.98 Å². The molecule has 0 aliphatic rings. The van der Waals surface area contributed by atoms with Gasteiger partial charge in [0.1, 0.15) is 17.2 Å². The monoisotopic (exact) mass is 382 g/mol. The first-order valence-electron chi connectivity index (χ1n) is 8.71. The van der Waals surface area contributed by atoms with E-state index in [1.165, 1.54) is 0 Å². The fourth-order valence-electron chi connectivity index (χ4n) is 2.79. The highest BCUT2D eigenvalue weighted by molar-refractivity contribution is 5.93. The van der Waals surface area contributed by atoms with Crippen molar-refractivity contribution in [3.8, 4) is 17.0 Å². The normalized spacial score (nSPS) is 12.0. The third kappa shape index (κ3) is 4.47. The summed E-state index contributed by atoms with van der Waals surface area (Å²) in [5.41, 5.74) is 0.672. The van der Waals surface area contributed by atoms with Gasteiger partial charge in [-0.15, -0.1) is 0 Å². The summed E-state index contributed by atoms with van der Waals surface area (Å²) in [4.78, 5) is 32.9. The molecule has 1 unspecified atom stereocenters. The Hall–Kier alpha value is -3.39. The molecule has 8 heteroatoms. The first-order chi connectivity index (χ1) is 13.5. The van der Waals surface area contributed by atoms with Gasteiger partial charge in [-0.05, 0) is 56.6 Å². The number of carbonyl (C=O) groups excluding carboxylic acids is 1. The maximum absolute atomic E-state index is 12.6. The highest BCUT2D eigenvalue weighted by Gasteiger charge is 2.19. The Morgan fingerprint density at radius 2 is 2.04 bits per heavy atom. The van der Waals surface area contributed by atoms with Crippen molar-refractivity contribution in [1.29, 1.82) is 0 Å². The smallest absolute Gasteiger partial charge is 0.346 e. The van der Waals surface area contributed by atoms with Crippen molar-refractivity contribution in [1.82, 2.24) is 20.2 Å². The molecule has 146 valence electrons. The van der Waals surface area contributed by atoms with Crippen molar-refractivity contribution in [2.45, 2.75) is 6.04 Å². The van der Waals surface area contributed by atoms with Gasteiger partial charge >= 0.3 is 5.69 Å². The van der Waals surface area contributed by atoms with E-state index in [1.54, 1.807) is 49.8 Å². The topological polar surface area (TPSA) is 100 Å². The number of amides is 1. The van der Waals surface area contributed by atoms with Gasteiger partial charge in [-0.3, -0.25) is 9.69 Å². The Morgan fingerprint density at radius 1 is 1.29 bits per heavy atom. The summed E-state index contributed by atoms with van der Waals surface area (Å²) in [5.74, 6) is 1.04. The van der Waals surface area contributed by atoms with Crippen molar-refractivity contribution in [3.63, 3.8) is 0 Å². The van der Waals surface area contributed by atoms with E-state index in [4.69, 9.17) is 9.15 Å². The molecule has 1 atom stereocenters. The Bertz CT molecular complexity index is 978. The molecule has 0 aliphatic heterocycles. The lowest BCUT2D eigenvalue weighted by atomic mass is 10.1. The van der Waals surface area contributed by atoms with Gasteiger partial charge in [0.05, 0.1) is 25.1 Å². The molecule has 8 nitrogen and oxygen atoms in total.